The second kappa shape index (κ2) is 5.31. The van der Waals surface area contributed by atoms with Crippen LogP contribution in [0.2, 0.25) is 0 Å². The molecule has 2 rings (SSSR count). The molecule has 21 heavy (non-hydrogen) atoms. The molecule has 0 unspecified atom stereocenters. The zero-order chi connectivity index (χ0) is 15.6. The number of nitrogens with one attached hydrogen (secondary N) is 2. The molecule has 0 radical (unpaired) electrons. The monoisotopic (exact) mass is 298 g/mol. The second-order valence-electron chi connectivity index (χ2n) is 4.10. The van der Waals surface area contributed by atoms with E-state index in [0.29, 0.717) is 12.1 Å². The van der Waals surface area contributed by atoms with Gasteiger partial charge in [-0.3, -0.25) is 4.79 Å². The highest BCUT2D eigenvalue weighted by molar-refractivity contribution is 6.06. The van der Waals surface area contributed by atoms with Crippen molar-refractivity contribution >= 4 is 17.6 Å². The number of halogens is 3. The molecule has 8 heteroatoms. The molecule has 0 bridgehead atoms. The van der Waals surface area contributed by atoms with Crippen LogP contribution in [0.4, 0.5) is 18.9 Å². The third-order valence-electron chi connectivity index (χ3n) is 2.67. The van der Waals surface area contributed by atoms with Crippen molar-refractivity contribution in [2.24, 2.45) is 0 Å². The Morgan fingerprint density at radius 1 is 1.19 bits per heavy atom. The minimum Gasteiger partial charge on any atom is -0.478 e. The highest BCUT2D eigenvalue weighted by atomic mass is 19.4. The van der Waals surface area contributed by atoms with E-state index >= 15 is 0 Å². The summed E-state index contributed by atoms with van der Waals surface area (Å²) in [5, 5.41) is 11.2. The summed E-state index contributed by atoms with van der Waals surface area (Å²) in [6.45, 7) is 0. The lowest BCUT2D eigenvalue weighted by molar-refractivity contribution is -0.137. The summed E-state index contributed by atoms with van der Waals surface area (Å²) in [4.78, 5) is 25.4. The Morgan fingerprint density at radius 2 is 1.90 bits per heavy atom. The molecule has 0 saturated carbocycles. The van der Waals surface area contributed by atoms with E-state index in [1.165, 1.54) is 12.3 Å². The molecule has 0 saturated heterocycles. The van der Waals surface area contributed by atoms with Gasteiger partial charge in [-0.2, -0.15) is 13.2 Å². The van der Waals surface area contributed by atoms with Crippen molar-refractivity contribution in [2.75, 3.05) is 5.32 Å². The number of H-pyrrole nitrogens is 1. The average molecular weight is 298 g/mol. The number of anilines is 1. The molecule has 5 nitrogen and oxygen atoms in total. The van der Waals surface area contributed by atoms with E-state index in [4.69, 9.17) is 5.11 Å². The first-order valence-corrected chi connectivity index (χ1v) is 5.68. The van der Waals surface area contributed by atoms with Gasteiger partial charge in [0.1, 0.15) is 5.69 Å². The van der Waals surface area contributed by atoms with Crippen LogP contribution >= 0.6 is 0 Å². The van der Waals surface area contributed by atoms with Crippen LogP contribution < -0.4 is 5.32 Å². The molecule has 0 aliphatic rings. The molecule has 3 N–H and O–H groups in total. The lowest BCUT2D eigenvalue weighted by Crippen LogP contribution is -2.16. The van der Waals surface area contributed by atoms with E-state index in [-0.39, 0.29) is 11.4 Å². The number of benzene rings is 1. The van der Waals surface area contributed by atoms with Crippen LogP contribution in [0.1, 0.15) is 26.4 Å². The Labute approximate surface area is 116 Å². The zero-order valence-corrected chi connectivity index (χ0v) is 10.4. The largest absolute Gasteiger partial charge is 0.478 e. The standard InChI is InChI=1S/C13H9F3N2O3/c14-13(15,16)7-3-4-9(8(6-7)12(20)21)18-11(19)10-2-1-5-17-10/h1-6,17H,(H,18,19)(H,20,21). The predicted molar refractivity (Wildman–Crippen MR) is 67.1 cm³/mol. The summed E-state index contributed by atoms with van der Waals surface area (Å²) in [6.07, 6.45) is -3.17. The zero-order valence-electron chi connectivity index (χ0n) is 10.4. The number of hydrogen-bond donors (Lipinski definition) is 3. The minimum atomic E-state index is -4.66. The van der Waals surface area contributed by atoms with Gasteiger partial charge in [-0.15, -0.1) is 0 Å². The summed E-state index contributed by atoms with van der Waals surface area (Å²) in [5.74, 6) is -2.22. The number of amides is 1. The topological polar surface area (TPSA) is 82.2 Å². The van der Waals surface area contributed by atoms with Crippen molar-refractivity contribution in [2.45, 2.75) is 6.18 Å². The predicted octanol–water partition coefficient (Wildman–Crippen LogP) is 2.98. The number of carbonyl (C=O) groups is 2. The molecule has 0 fully saturated rings. The molecule has 0 atom stereocenters. The maximum Gasteiger partial charge on any atom is 0.416 e. The summed E-state index contributed by atoms with van der Waals surface area (Å²) < 4.78 is 37.7. The molecule has 2 aromatic rings. The van der Waals surface area contributed by atoms with Gasteiger partial charge in [-0.25, -0.2) is 4.79 Å². The lowest BCUT2D eigenvalue weighted by Gasteiger charge is -2.11. The fourth-order valence-electron chi connectivity index (χ4n) is 1.67. The van der Waals surface area contributed by atoms with Crippen LogP contribution in [-0.4, -0.2) is 22.0 Å². The van der Waals surface area contributed by atoms with Crippen molar-refractivity contribution in [3.8, 4) is 0 Å². The second-order valence-corrected chi connectivity index (χ2v) is 4.10. The van der Waals surface area contributed by atoms with Crippen molar-refractivity contribution < 1.29 is 27.9 Å². The first-order valence-electron chi connectivity index (χ1n) is 5.68. The van der Waals surface area contributed by atoms with E-state index in [2.05, 4.69) is 10.3 Å². The molecule has 0 spiro atoms. The number of carboxylic acids is 1. The first-order chi connectivity index (χ1) is 9.79. The van der Waals surface area contributed by atoms with Crippen LogP contribution in [0.3, 0.4) is 0 Å². The van der Waals surface area contributed by atoms with Crippen LogP contribution in [-0.2, 0) is 6.18 Å². The number of aromatic nitrogens is 1. The number of alkyl halides is 3. The Bertz CT molecular complexity index is 678. The van der Waals surface area contributed by atoms with E-state index in [9.17, 15) is 22.8 Å². The molecular formula is C13H9F3N2O3. The highest BCUT2D eigenvalue weighted by Gasteiger charge is 2.32. The number of hydrogen-bond acceptors (Lipinski definition) is 2. The SMILES string of the molecule is O=C(Nc1ccc(C(F)(F)F)cc1C(=O)O)c1ccc[nH]1. The number of carbonyl (C=O) groups excluding carboxylic acids is 1. The third-order valence-corrected chi connectivity index (χ3v) is 2.67. The first kappa shape index (κ1) is 14.6. The fourth-order valence-corrected chi connectivity index (χ4v) is 1.67. The maximum absolute atomic E-state index is 12.6. The van der Waals surface area contributed by atoms with Crippen molar-refractivity contribution in [1.82, 2.24) is 4.98 Å². The molecule has 0 aliphatic heterocycles. The molecular weight excluding hydrogens is 289 g/mol. The van der Waals surface area contributed by atoms with Crippen LogP contribution in [0.5, 0.6) is 0 Å². The van der Waals surface area contributed by atoms with E-state index in [0.717, 1.165) is 6.07 Å². The van der Waals surface area contributed by atoms with Gasteiger partial charge >= 0.3 is 12.1 Å². The van der Waals surface area contributed by atoms with Crippen LogP contribution in [0.25, 0.3) is 0 Å². The normalized spacial score (nSPS) is 11.2. The van der Waals surface area contributed by atoms with Crippen molar-refractivity contribution in [3.05, 3.63) is 53.3 Å². The third kappa shape index (κ3) is 3.22. The minimum absolute atomic E-state index is 0.159. The van der Waals surface area contributed by atoms with Crippen LogP contribution in [0, 0.1) is 0 Å². The quantitative estimate of drug-likeness (QED) is 0.814. The van der Waals surface area contributed by atoms with Gasteiger partial charge in [-0.1, -0.05) is 0 Å². The van der Waals surface area contributed by atoms with Gasteiger partial charge in [-0.05, 0) is 30.3 Å². The Morgan fingerprint density at radius 3 is 2.43 bits per heavy atom. The molecule has 1 aromatic carbocycles. The Hall–Kier alpha value is -2.77. The number of aromatic amines is 1. The maximum atomic E-state index is 12.6. The lowest BCUT2D eigenvalue weighted by atomic mass is 10.1. The van der Waals surface area contributed by atoms with Gasteiger partial charge < -0.3 is 15.4 Å². The van der Waals surface area contributed by atoms with Gasteiger partial charge in [0.05, 0.1) is 16.8 Å². The van der Waals surface area contributed by atoms with Gasteiger partial charge in [0.25, 0.3) is 5.91 Å². The highest BCUT2D eigenvalue weighted by Crippen LogP contribution is 2.32. The molecule has 0 aliphatic carbocycles. The van der Waals surface area contributed by atoms with E-state index < -0.39 is 29.2 Å². The molecule has 110 valence electrons. The summed E-state index contributed by atoms with van der Waals surface area (Å²) >= 11 is 0. The number of carboxylic acid groups (broad SMARTS) is 1. The average Bonchev–Trinajstić information content (AvgIpc) is 2.91. The number of aromatic carboxylic acids is 1. The Balaban J connectivity index is 2.35. The van der Waals surface area contributed by atoms with E-state index in [1.54, 1.807) is 6.07 Å². The summed E-state index contributed by atoms with van der Waals surface area (Å²) in [5.41, 5.74) is -1.79. The smallest absolute Gasteiger partial charge is 0.416 e. The van der Waals surface area contributed by atoms with E-state index in [1.807, 2.05) is 0 Å². The Kier molecular flexibility index (Phi) is 3.70. The van der Waals surface area contributed by atoms with Crippen molar-refractivity contribution in [1.29, 1.82) is 0 Å². The van der Waals surface area contributed by atoms with Crippen molar-refractivity contribution in [3.63, 3.8) is 0 Å². The molecule has 1 aromatic heterocycles. The summed E-state index contributed by atoms with van der Waals surface area (Å²) in [7, 11) is 0. The summed E-state index contributed by atoms with van der Waals surface area (Å²) in [6, 6.07) is 5.09. The number of rotatable bonds is 3. The fraction of sp³-hybridized carbons (Fsp3) is 0.0769. The van der Waals surface area contributed by atoms with Gasteiger partial charge in [0, 0.05) is 6.20 Å². The van der Waals surface area contributed by atoms with Crippen LogP contribution in [0.15, 0.2) is 36.5 Å². The van der Waals surface area contributed by atoms with Gasteiger partial charge in [0.2, 0.25) is 0 Å². The molecule has 1 heterocycles. The van der Waals surface area contributed by atoms with Gasteiger partial charge in [0.15, 0.2) is 0 Å². The molecule has 1 amide bonds.